The predicted molar refractivity (Wildman–Crippen MR) is 49.5 cm³/mol. The Morgan fingerprint density at radius 2 is 1.36 bits per heavy atom. The highest BCUT2D eigenvalue weighted by molar-refractivity contribution is 4.82. The van der Waals surface area contributed by atoms with Gasteiger partial charge in [-0.2, -0.15) is 0 Å². The highest BCUT2D eigenvalue weighted by atomic mass is 16.3. The van der Waals surface area contributed by atoms with Gasteiger partial charge in [-0.05, 0) is 18.8 Å². The van der Waals surface area contributed by atoms with E-state index in [-0.39, 0.29) is 0 Å². The van der Waals surface area contributed by atoms with Crippen molar-refractivity contribution in [3.63, 3.8) is 0 Å². The summed E-state index contributed by atoms with van der Waals surface area (Å²) in [4.78, 5) is 0. The van der Waals surface area contributed by atoms with Crippen molar-refractivity contribution in [3.8, 4) is 0 Å². The zero-order chi connectivity index (χ0) is 9.07. The van der Waals surface area contributed by atoms with E-state index in [4.69, 9.17) is 0 Å². The Labute approximate surface area is 70.8 Å². The summed E-state index contributed by atoms with van der Waals surface area (Å²) in [6.45, 7) is 10.4. The minimum Gasteiger partial charge on any atom is -0.390 e. The fraction of sp³-hybridized carbons (Fsp3) is 1.00. The molecule has 0 aromatic heterocycles. The monoisotopic (exact) mass is 158 g/mol. The standard InChI is InChI=1S/C10H22O/c1-6-8(3)10(5,11)9(4)7-2/h8-9,11H,6-7H2,1-5H3/t8-,9-/m1/s1. The first-order chi connectivity index (χ1) is 4.96. The van der Waals surface area contributed by atoms with E-state index in [1.54, 1.807) is 0 Å². The molecular weight excluding hydrogens is 136 g/mol. The minimum atomic E-state index is -0.483. The summed E-state index contributed by atoms with van der Waals surface area (Å²) in [5.41, 5.74) is -0.483. The van der Waals surface area contributed by atoms with Crippen LogP contribution < -0.4 is 0 Å². The number of aliphatic hydroxyl groups is 1. The molecule has 0 aromatic rings. The molecule has 0 amide bonds. The normalized spacial score (nSPS) is 18.0. The van der Waals surface area contributed by atoms with Crippen molar-refractivity contribution in [2.24, 2.45) is 11.8 Å². The van der Waals surface area contributed by atoms with E-state index in [0.717, 1.165) is 12.8 Å². The van der Waals surface area contributed by atoms with E-state index in [0.29, 0.717) is 11.8 Å². The van der Waals surface area contributed by atoms with Gasteiger partial charge in [-0.25, -0.2) is 0 Å². The molecule has 0 spiro atoms. The van der Waals surface area contributed by atoms with Crippen LogP contribution in [0.4, 0.5) is 0 Å². The third-order valence-corrected chi connectivity index (χ3v) is 3.22. The van der Waals surface area contributed by atoms with Crippen molar-refractivity contribution in [3.05, 3.63) is 0 Å². The molecule has 11 heavy (non-hydrogen) atoms. The molecule has 1 nitrogen and oxygen atoms in total. The lowest BCUT2D eigenvalue weighted by molar-refractivity contribution is -0.0440. The molecule has 1 heteroatoms. The fourth-order valence-electron chi connectivity index (χ4n) is 1.31. The summed E-state index contributed by atoms with van der Waals surface area (Å²) in [6, 6.07) is 0. The lowest BCUT2D eigenvalue weighted by Gasteiger charge is -2.35. The lowest BCUT2D eigenvalue weighted by atomic mass is 9.78. The molecule has 0 radical (unpaired) electrons. The van der Waals surface area contributed by atoms with Crippen molar-refractivity contribution < 1.29 is 5.11 Å². The van der Waals surface area contributed by atoms with Crippen LogP contribution in [-0.2, 0) is 0 Å². The van der Waals surface area contributed by atoms with Gasteiger partial charge in [0.1, 0.15) is 0 Å². The summed E-state index contributed by atoms with van der Waals surface area (Å²) >= 11 is 0. The number of rotatable bonds is 4. The van der Waals surface area contributed by atoms with E-state index < -0.39 is 5.60 Å². The molecule has 0 heterocycles. The molecule has 0 unspecified atom stereocenters. The molecule has 0 saturated heterocycles. The third-order valence-electron chi connectivity index (χ3n) is 3.22. The Bertz CT molecular complexity index is 95.4. The van der Waals surface area contributed by atoms with Crippen LogP contribution in [0.1, 0.15) is 47.5 Å². The topological polar surface area (TPSA) is 20.2 Å². The van der Waals surface area contributed by atoms with Gasteiger partial charge in [0.05, 0.1) is 5.60 Å². The summed E-state index contributed by atoms with van der Waals surface area (Å²) < 4.78 is 0. The summed E-state index contributed by atoms with van der Waals surface area (Å²) in [6.07, 6.45) is 2.11. The Morgan fingerprint density at radius 3 is 1.55 bits per heavy atom. The second kappa shape index (κ2) is 4.10. The second-order valence-corrected chi connectivity index (χ2v) is 3.84. The molecular formula is C10H22O. The van der Waals surface area contributed by atoms with E-state index in [1.165, 1.54) is 0 Å². The summed E-state index contributed by atoms with van der Waals surface area (Å²) in [5, 5.41) is 10.1. The van der Waals surface area contributed by atoms with Crippen LogP contribution in [0.3, 0.4) is 0 Å². The SMILES string of the molecule is CC[C@@H](C)C(C)(O)[C@H](C)CC. The van der Waals surface area contributed by atoms with E-state index in [1.807, 2.05) is 6.92 Å². The van der Waals surface area contributed by atoms with Gasteiger partial charge < -0.3 is 5.11 Å². The van der Waals surface area contributed by atoms with Gasteiger partial charge in [-0.3, -0.25) is 0 Å². The van der Waals surface area contributed by atoms with Crippen molar-refractivity contribution >= 4 is 0 Å². The van der Waals surface area contributed by atoms with Crippen molar-refractivity contribution in [1.29, 1.82) is 0 Å². The molecule has 0 rings (SSSR count). The van der Waals surface area contributed by atoms with E-state index >= 15 is 0 Å². The molecule has 0 saturated carbocycles. The molecule has 68 valence electrons. The molecule has 0 fully saturated rings. The largest absolute Gasteiger partial charge is 0.390 e. The van der Waals surface area contributed by atoms with Crippen molar-refractivity contribution in [2.75, 3.05) is 0 Å². The van der Waals surface area contributed by atoms with Gasteiger partial charge in [0.25, 0.3) is 0 Å². The molecule has 1 N–H and O–H groups in total. The summed E-state index contributed by atoms with van der Waals surface area (Å²) in [7, 11) is 0. The first-order valence-corrected chi connectivity index (χ1v) is 4.69. The number of hydrogen-bond donors (Lipinski definition) is 1. The van der Waals surface area contributed by atoms with Crippen molar-refractivity contribution in [1.82, 2.24) is 0 Å². The molecule has 0 aliphatic rings. The Balaban J connectivity index is 4.18. The maximum atomic E-state index is 10.1. The van der Waals surface area contributed by atoms with Gasteiger partial charge in [0, 0.05) is 0 Å². The maximum Gasteiger partial charge on any atom is 0.0670 e. The van der Waals surface area contributed by atoms with Crippen LogP contribution in [0.15, 0.2) is 0 Å². The second-order valence-electron chi connectivity index (χ2n) is 3.84. The van der Waals surface area contributed by atoms with Crippen LogP contribution in [0, 0.1) is 11.8 Å². The van der Waals surface area contributed by atoms with Crippen molar-refractivity contribution in [2.45, 2.75) is 53.1 Å². The van der Waals surface area contributed by atoms with Crippen LogP contribution in [0.2, 0.25) is 0 Å². The number of hydrogen-bond acceptors (Lipinski definition) is 1. The quantitative estimate of drug-likeness (QED) is 0.667. The van der Waals surface area contributed by atoms with E-state index in [2.05, 4.69) is 27.7 Å². The molecule has 0 aliphatic heterocycles. The third kappa shape index (κ3) is 2.48. The van der Waals surface area contributed by atoms with Crippen LogP contribution >= 0.6 is 0 Å². The molecule has 2 atom stereocenters. The molecule has 0 aliphatic carbocycles. The predicted octanol–water partition coefficient (Wildman–Crippen LogP) is 2.83. The first-order valence-electron chi connectivity index (χ1n) is 4.69. The average Bonchev–Trinajstić information content (AvgIpc) is 2.01. The van der Waals surface area contributed by atoms with Crippen LogP contribution in [-0.4, -0.2) is 10.7 Å². The van der Waals surface area contributed by atoms with Crippen LogP contribution in [0.5, 0.6) is 0 Å². The first kappa shape index (κ1) is 11.0. The smallest absolute Gasteiger partial charge is 0.0670 e. The van der Waals surface area contributed by atoms with Gasteiger partial charge >= 0.3 is 0 Å². The Hall–Kier alpha value is -0.0400. The lowest BCUT2D eigenvalue weighted by Crippen LogP contribution is -2.39. The zero-order valence-electron chi connectivity index (χ0n) is 8.52. The van der Waals surface area contributed by atoms with Gasteiger partial charge in [0.2, 0.25) is 0 Å². The highest BCUT2D eigenvalue weighted by Crippen LogP contribution is 2.29. The van der Waals surface area contributed by atoms with Gasteiger partial charge in [-0.1, -0.05) is 40.5 Å². The molecule has 0 bridgehead atoms. The van der Waals surface area contributed by atoms with Gasteiger partial charge in [0.15, 0.2) is 0 Å². The summed E-state index contributed by atoms with van der Waals surface area (Å²) in [5.74, 6) is 0.801. The fourth-order valence-corrected chi connectivity index (χ4v) is 1.31. The van der Waals surface area contributed by atoms with Gasteiger partial charge in [-0.15, -0.1) is 0 Å². The Morgan fingerprint density at radius 1 is 1.09 bits per heavy atom. The van der Waals surface area contributed by atoms with Crippen LogP contribution in [0.25, 0.3) is 0 Å². The zero-order valence-corrected chi connectivity index (χ0v) is 8.52. The molecule has 0 aromatic carbocycles. The van der Waals surface area contributed by atoms with E-state index in [9.17, 15) is 5.11 Å². The Kier molecular flexibility index (Phi) is 4.09. The average molecular weight is 158 g/mol. The minimum absolute atomic E-state index is 0.400. The maximum absolute atomic E-state index is 10.1. The highest BCUT2D eigenvalue weighted by Gasteiger charge is 2.31.